The maximum atomic E-state index is 5.21. The number of ether oxygens (including phenoxy) is 1. The van der Waals surface area contributed by atoms with Crippen molar-refractivity contribution in [3.8, 4) is 17.0 Å². The Hall–Kier alpha value is -1.56. The standard InChI is InChI=1S/C16H22N4O.ClH/c1-12-10-20(8-7-17-12)11-14-9-18-19-16(14)13-3-5-15(21-2)6-4-13;/h3-6,9,12,17H,7-8,10-11H2,1-2H3,(H,18,19);1H/t12-;/m0./s1. The summed E-state index contributed by atoms with van der Waals surface area (Å²) in [6, 6.07) is 8.64. The van der Waals surface area contributed by atoms with Crippen LogP contribution in [0.3, 0.4) is 0 Å². The number of aromatic amines is 1. The molecule has 1 fully saturated rings. The monoisotopic (exact) mass is 322 g/mol. The zero-order chi connectivity index (χ0) is 14.7. The Bertz CT molecular complexity index is 584. The van der Waals surface area contributed by atoms with Crippen molar-refractivity contribution in [3.05, 3.63) is 36.0 Å². The summed E-state index contributed by atoms with van der Waals surface area (Å²) >= 11 is 0. The largest absolute Gasteiger partial charge is 0.497 e. The number of methoxy groups -OCH3 is 1. The Morgan fingerprint density at radius 2 is 2.09 bits per heavy atom. The molecule has 1 atom stereocenters. The van der Waals surface area contributed by atoms with E-state index < -0.39 is 0 Å². The summed E-state index contributed by atoms with van der Waals surface area (Å²) in [5.41, 5.74) is 3.49. The van der Waals surface area contributed by atoms with E-state index in [1.165, 1.54) is 5.56 Å². The molecular formula is C16H23ClN4O. The van der Waals surface area contributed by atoms with Crippen molar-refractivity contribution in [2.45, 2.75) is 19.5 Å². The summed E-state index contributed by atoms with van der Waals surface area (Å²) in [4.78, 5) is 2.47. The molecule has 1 saturated heterocycles. The van der Waals surface area contributed by atoms with Gasteiger partial charge < -0.3 is 10.1 Å². The van der Waals surface area contributed by atoms with E-state index in [1.807, 2.05) is 18.3 Å². The molecule has 6 heteroatoms. The summed E-state index contributed by atoms with van der Waals surface area (Å²) in [7, 11) is 1.68. The number of benzene rings is 1. The number of rotatable bonds is 4. The van der Waals surface area contributed by atoms with Gasteiger partial charge in [0.1, 0.15) is 5.75 Å². The molecule has 1 aromatic heterocycles. The lowest BCUT2D eigenvalue weighted by Crippen LogP contribution is -2.48. The lowest BCUT2D eigenvalue weighted by atomic mass is 10.1. The van der Waals surface area contributed by atoms with Gasteiger partial charge >= 0.3 is 0 Å². The van der Waals surface area contributed by atoms with E-state index in [9.17, 15) is 0 Å². The van der Waals surface area contributed by atoms with Crippen molar-refractivity contribution >= 4 is 12.4 Å². The van der Waals surface area contributed by atoms with Gasteiger partial charge in [0.2, 0.25) is 0 Å². The Morgan fingerprint density at radius 1 is 1.32 bits per heavy atom. The molecule has 1 aromatic carbocycles. The average molecular weight is 323 g/mol. The van der Waals surface area contributed by atoms with Crippen LogP contribution in [0.4, 0.5) is 0 Å². The minimum absolute atomic E-state index is 0. The van der Waals surface area contributed by atoms with Crippen LogP contribution in [0.2, 0.25) is 0 Å². The molecular weight excluding hydrogens is 300 g/mol. The third kappa shape index (κ3) is 3.80. The van der Waals surface area contributed by atoms with Crippen LogP contribution in [-0.4, -0.2) is 47.9 Å². The first-order valence-electron chi connectivity index (χ1n) is 7.38. The number of hydrogen-bond donors (Lipinski definition) is 2. The molecule has 120 valence electrons. The lowest BCUT2D eigenvalue weighted by molar-refractivity contribution is 0.200. The van der Waals surface area contributed by atoms with Crippen molar-refractivity contribution in [2.75, 3.05) is 26.7 Å². The van der Waals surface area contributed by atoms with Gasteiger partial charge in [-0.05, 0) is 31.2 Å². The molecule has 1 aliphatic heterocycles. The molecule has 0 spiro atoms. The number of nitrogens with zero attached hydrogens (tertiary/aromatic N) is 2. The fourth-order valence-electron chi connectivity index (χ4n) is 2.84. The van der Waals surface area contributed by atoms with Gasteiger partial charge in [0, 0.05) is 43.3 Å². The molecule has 0 saturated carbocycles. The van der Waals surface area contributed by atoms with Crippen LogP contribution >= 0.6 is 12.4 Å². The quantitative estimate of drug-likeness (QED) is 0.907. The van der Waals surface area contributed by atoms with Crippen LogP contribution in [0.15, 0.2) is 30.5 Å². The second-order valence-electron chi connectivity index (χ2n) is 5.59. The Morgan fingerprint density at radius 3 is 2.77 bits per heavy atom. The number of aromatic nitrogens is 2. The van der Waals surface area contributed by atoms with Gasteiger partial charge in [0.15, 0.2) is 0 Å². The summed E-state index contributed by atoms with van der Waals surface area (Å²) in [5, 5.41) is 10.8. The van der Waals surface area contributed by atoms with Gasteiger partial charge in [-0.25, -0.2) is 0 Å². The molecule has 2 aromatic rings. The number of piperazine rings is 1. The first kappa shape index (κ1) is 16.8. The van der Waals surface area contributed by atoms with Gasteiger partial charge in [0.25, 0.3) is 0 Å². The van der Waals surface area contributed by atoms with Gasteiger partial charge in [-0.2, -0.15) is 5.10 Å². The van der Waals surface area contributed by atoms with Crippen LogP contribution in [-0.2, 0) is 6.54 Å². The molecule has 1 aliphatic rings. The number of H-pyrrole nitrogens is 1. The van der Waals surface area contributed by atoms with E-state index in [2.05, 4.69) is 39.5 Å². The molecule has 0 amide bonds. The molecule has 3 rings (SSSR count). The van der Waals surface area contributed by atoms with E-state index in [0.29, 0.717) is 6.04 Å². The molecule has 0 aliphatic carbocycles. The SMILES string of the molecule is COc1ccc(-c2[nH]ncc2CN2CCN[C@@H](C)C2)cc1.Cl. The van der Waals surface area contributed by atoms with E-state index >= 15 is 0 Å². The molecule has 5 nitrogen and oxygen atoms in total. The topological polar surface area (TPSA) is 53.2 Å². The van der Waals surface area contributed by atoms with E-state index in [4.69, 9.17) is 4.74 Å². The van der Waals surface area contributed by atoms with Crippen molar-refractivity contribution < 1.29 is 4.74 Å². The highest BCUT2D eigenvalue weighted by Crippen LogP contribution is 2.24. The van der Waals surface area contributed by atoms with Crippen LogP contribution in [0, 0.1) is 0 Å². The highest BCUT2D eigenvalue weighted by atomic mass is 35.5. The van der Waals surface area contributed by atoms with Crippen molar-refractivity contribution in [3.63, 3.8) is 0 Å². The maximum Gasteiger partial charge on any atom is 0.118 e. The van der Waals surface area contributed by atoms with Gasteiger partial charge in [-0.15, -0.1) is 12.4 Å². The van der Waals surface area contributed by atoms with Crippen LogP contribution in [0.25, 0.3) is 11.3 Å². The molecule has 2 N–H and O–H groups in total. The molecule has 0 bridgehead atoms. The fourth-order valence-corrected chi connectivity index (χ4v) is 2.84. The third-order valence-corrected chi connectivity index (χ3v) is 3.94. The summed E-state index contributed by atoms with van der Waals surface area (Å²) in [5.74, 6) is 0.871. The highest BCUT2D eigenvalue weighted by molar-refractivity contribution is 5.85. The maximum absolute atomic E-state index is 5.21. The fraction of sp³-hybridized carbons (Fsp3) is 0.438. The van der Waals surface area contributed by atoms with Crippen molar-refractivity contribution in [1.29, 1.82) is 0 Å². The second kappa shape index (κ2) is 7.63. The van der Waals surface area contributed by atoms with Gasteiger partial charge in [0.05, 0.1) is 19.0 Å². The van der Waals surface area contributed by atoms with Crippen LogP contribution in [0.5, 0.6) is 5.75 Å². The van der Waals surface area contributed by atoms with E-state index in [0.717, 1.165) is 43.2 Å². The van der Waals surface area contributed by atoms with Gasteiger partial charge in [-0.1, -0.05) is 0 Å². The van der Waals surface area contributed by atoms with Crippen LogP contribution in [0.1, 0.15) is 12.5 Å². The lowest BCUT2D eigenvalue weighted by Gasteiger charge is -2.31. The van der Waals surface area contributed by atoms with Crippen molar-refractivity contribution in [2.24, 2.45) is 0 Å². The number of nitrogens with one attached hydrogen (secondary N) is 2. The van der Waals surface area contributed by atoms with E-state index in [-0.39, 0.29) is 12.4 Å². The summed E-state index contributed by atoms with van der Waals surface area (Å²) < 4.78 is 5.21. The average Bonchev–Trinajstić information content (AvgIpc) is 2.95. The summed E-state index contributed by atoms with van der Waals surface area (Å²) in [6.07, 6.45) is 1.94. The predicted octanol–water partition coefficient (Wildman–Crippen LogP) is 2.30. The number of hydrogen-bond acceptors (Lipinski definition) is 4. The first-order valence-corrected chi connectivity index (χ1v) is 7.38. The second-order valence-corrected chi connectivity index (χ2v) is 5.59. The van der Waals surface area contributed by atoms with Crippen LogP contribution < -0.4 is 10.1 Å². The minimum atomic E-state index is 0. The normalized spacial score (nSPS) is 18.7. The highest BCUT2D eigenvalue weighted by Gasteiger charge is 2.18. The smallest absolute Gasteiger partial charge is 0.118 e. The predicted molar refractivity (Wildman–Crippen MR) is 90.6 cm³/mol. The zero-order valence-corrected chi connectivity index (χ0v) is 13.8. The molecule has 0 unspecified atom stereocenters. The Labute approximate surface area is 137 Å². The number of halogens is 1. The first-order chi connectivity index (χ1) is 10.3. The molecule has 22 heavy (non-hydrogen) atoms. The molecule has 0 radical (unpaired) electrons. The van der Waals surface area contributed by atoms with E-state index in [1.54, 1.807) is 7.11 Å². The Balaban J connectivity index is 0.00000176. The molecule has 2 heterocycles. The Kier molecular flexibility index (Phi) is 5.83. The summed E-state index contributed by atoms with van der Waals surface area (Å²) in [6.45, 7) is 6.37. The third-order valence-electron chi connectivity index (χ3n) is 3.94. The van der Waals surface area contributed by atoms with Gasteiger partial charge in [-0.3, -0.25) is 10.00 Å². The minimum Gasteiger partial charge on any atom is -0.497 e. The van der Waals surface area contributed by atoms with Crippen molar-refractivity contribution in [1.82, 2.24) is 20.4 Å². The zero-order valence-electron chi connectivity index (χ0n) is 13.0.